The van der Waals surface area contributed by atoms with Gasteiger partial charge in [-0.1, -0.05) is 48.5 Å². The lowest BCUT2D eigenvalue weighted by Gasteiger charge is -2.61. The number of benzene rings is 1. The van der Waals surface area contributed by atoms with Crippen LogP contribution in [0.15, 0.2) is 28.7 Å². The van der Waals surface area contributed by atoms with Crippen molar-refractivity contribution < 1.29 is 38.6 Å². The Morgan fingerprint density at radius 2 is 1.70 bits per heavy atom. The first-order chi connectivity index (χ1) is 19.8. The van der Waals surface area contributed by atoms with Crippen molar-refractivity contribution in [3.63, 3.8) is 0 Å². The SMILES string of the molecule is CC(=O)C1C(=O)C(C(C)C)[C@@]2(C)C[C@@]3(C)Cc4c(-c5ccc(CCC(C)(C)C)o5)ccc(O)c4C(=O)C3C(=O)[C@@]2(O)C1=O. The smallest absolute Gasteiger partial charge is 0.190 e. The molecule has 2 fully saturated rings. The van der Waals surface area contributed by atoms with Gasteiger partial charge in [-0.05, 0) is 72.8 Å². The number of furan rings is 1. The zero-order valence-electron chi connectivity index (χ0n) is 26.3. The number of carbonyl (C=O) groups excluding carboxylic acids is 5. The Morgan fingerprint density at radius 3 is 2.28 bits per heavy atom. The maximum atomic E-state index is 14.4. The van der Waals surface area contributed by atoms with E-state index in [2.05, 4.69) is 20.8 Å². The predicted octanol–water partition coefficient (Wildman–Crippen LogP) is 5.33. The molecule has 0 radical (unpaired) electrons. The molecule has 0 amide bonds. The Morgan fingerprint density at radius 1 is 1.05 bits per heavy atom. The summed E-state index contributed by atoms with van der Waals surface area (Å²) >= 11 is 0. The van der Waals surface area contributed by atoms with Crippen LogP contribution >= 0.6 is 0 Å². The number of Topliss-reactive ketones (excluding diaryl/α,β-unsaturated/α-hetero) is 5. The lowest BCUT2D eigenvalue weighted by molar-refractivity contribution is -0.205. The average molecular weight is 591 g/mol. The summed E-state index contributed by atoms with van der Waals surface area (Å²) in [4.78, 5) is 68.6. The molecule has 0 aliphatic heterocycles. The molecule has 8 nitrogen and oxygen atoms in total. The maximum Gasteiger partial charge on any atom is 0.190 e. The lowest BCUT2D eigenvalue weighted by atomic mass is 9.40. The molecule has 2 saturated carbocycles. The Balaban J connectivity index is 1.65. The van der Waals surface area contributed by atoms with Crippen molar-refractivity contribution in [3.05, 3.63) is 41.2 Å². The second kappa shape index (κ2) is 9.81. The number of aliphatic hydroxyl groups is 1. The molecule has 1 aromatic carbocycles. The molecule has 3 aliphatic rings. The molecule has 5 rings (SSSR count). The van der Waals surface area contributed by atoms with Crippen LogP contribution in [0.4, 0.5) is 0 Å². The summed E-state index contributed by atoms with van der Waals surface area (Å²) < 4.78 is 6.21. The summed E-state index contributed by atoms with van der Waals surface area (Å²) in [5.74, 6) is -7.71. The normalized spacial score (nSPS) is 32.5. The highest BCUT2D eigenvalue weighted by Crippen LogP contribution is 2.64. The van der Waals surface area contributed by atoms with Crippen molar-refractivity contribution in [3.8, 4) is 17.1 Å². The van der Waals surface area contributed by atoms with Gasteiger partial charge in [-0.25, -0.2) is 0 Å². The summed E-state index contributed by atoms with van der Waals surface area (Å²) in [6.45, 7) is 14.4. The van der Waals surface area contributed by atoms with Gasteiger partial charge in [0.2, 0.25) is 0 Å². The van der Waals surface area contributed by atoms with E-state index < -0.39 is 69.0 Å². The third-order valence-electron chi connectivity index (χ3n) is 10.3. The summed E-state index contributed by atoms with van der Waals surface area (Å²) in [5, 5.41) is 23.1. The summed E-state index contributed by atoms with van der Waals surface area (Å²) in [7, 11) is 0. The number of phenolic OH excluding ortho intramolecular Hbond substituents is 1. The van der Waals surface area contributed by atoms with Gasteiger partial charge in [-0.3, -0.25) is 24.0 Å². The third-order valence-corrected chi connectivity index (χ3v) is 10.3. The highest BCUT2D eigenvalue weighted by atomic mass is 16.3. The molecule has 2 N–H and O–H groups in total. The zero-order valence-corrected chi connectivity index (χ0v) is 26.3. The summed E-state index contributed by atoms with van der Waals surface area (Å²) in [6, 6.07) is 6.83. The average Bonchev–Trinajstić information content (AvgIpc) is 3.33. The van der Waals surface area contributed by atoms with Crippen LogP contribution in [0.5, 0.6) is 5.75 Å². The molecule has 43 heavy (non-hydrogen) atoms. The van der Waals surface area contributed by atoms with E-state index in [9.17, 15) is 34.2 Å². The summed E-state index contributed by atoms with van der Waals surface area (Å²) in [6.07, 6.45) is 1.82. The first-order valence-electron chi connectivity index (χ1n) is 15.1. The molecule has 1 heterocycles. The van der Waals surface area contributed by atoms with Gasteiger partial charge in [0.25, 0.3) is 0 Å². The van der Waals surface area contributed by atoms with E-state index >= 15 is 0 Å². The minimum Gasteiger partial charge on any atom is -0.507 e. The first kappa shape index (κ1) is 31.0. The van der Waals surface area contributed by atoms with Crippen LogP contribution in [0.1, 0.15) is 89.9 Å². The number of aromatic hydroxyl groups is 1. The third kappa shape index (κ3) is 4.39. The molecular weight excluding hydrogens is 548 g/mol. The van der Waals surface area contributed by atoms with Crippen LogP contribution in [-0.4, -0.2) is 44.7 Å². The standard InChI is InChI=1S/C35H42O8/c1-17(2)26-28(38)24(18(3)36)30(40)35(42)31(41)27-29(39)25-21(15-33(27,7)16-34(26,35)8)20(10-11-22(25)37)23-12-9-19(43-23)13-14-32(4,5)6/h9-12,17,24,26-27,37,42H,13-16H2,1-8H3/t24?,26?,27?,33-,34-,35+/m1/s1. The fourth-order valence-corrected chi connectivity index (χ4v) is 8.52. The van der Waals surface area contributed by atoms with Gasteiger partial charge < -0.3 is 14.6 Å². The van der Waals surface area contributed by atoms with E-state index in [0.29, 0.717) is 16.9 Å². The van der Waals surface area contributed by atoms with Crippen LogP contribution < -0.4 is 0 Å². The predicted molar refractivity (Wildman–Crippen MR) is 158 cm³/mol. The highest BCUT2D eigenvalue weighted by molar-refractivity contribution is 6.32. The monoisotopic (exact) mass is 590 g/mol. The van der Waals surface area contributed by atoms with Crippen molar-refractivity contribution >= 4 is 28.9 Å². The van der Waals surface area contributed by atoms with Crippen molar-refractivity contribution in [2.45, 2.75) is 86.7 Å². The number of aryl methyl sites for hydroxylation is 1. The number of carbonyl (C=O) groups is 5. The van der Waals surface area contributed by atoms with Gasteiger partial charge in [0, 0.05) is 23.3 Å². The topological polar surface area (TPSA) is 139 Å². The van der Waals surface area contributed by atoms with Crippen LogP contribution in [0.2, 0.25) is 0 Å². The fourth-order valence-electron chi connectivity index (χ4n) is 8.52. The minimum atomic E-state index is -2.71. The van der Waals surface area contributed by atoms with Gasteiger partial charge in [0.15, 0.2) is 28.7 Å². The fraction of sp³-hybridized carbons (Fsp3) is 0.571. The Bertz CT molecular complexity index is 1570. The highest BCUT2D eigenvalue weighted by Gasteiger charge is 2.76. The molecule has 2 aromatic rings. The Kier molecular flexibility index (Phi) is 7.08. The number of rotatable bonds is 5. The molecule has 3 unspecified atom stereocenters. The molecular formula is C35H42O8. The van der Waals surface area contributed by atoms with Crippen molar-refractivity contribution in [2.75, 3.05) is 0 Å². The number of fused-ring (bicyclic) bond motifs is 3. The van der Waals surface area contributed by atoms with E-state index in [1.807, 2.05) is 12.1 Å². The van der Waals surface area contributed by atoms with Gasteiger partial charge in [0.1, 0.15) is 29.0 Å². The second-order valence-electron chi connectivity index (χ2n) is 15.1. The van der Waals surface area contributed by atoms with E-state index in [-0.39, 0.29) is 29.6 Å². The summed E-state index contributed by atoms with van der Waals surface area (Å²) in [5.41, 5.74) is -4.12. The number of hydrogen-bond acceptors (Lipinski definition) is 8. The van der Waals surface area contributed by atoms with Crippen LogP contribution in [0, 0.1) is 39.9 Å². The van der Waals surface area contributed by atoms with E-state index in [0.717, 1.165) is 25.5 Å². The molecule has 0 spiro atoms. The molecule has 1 aromatic heterocycles. The minimum absolute atomic E-state index is 0.00707. The molecule has 6 atom stereocenters. The van der Waals surface area contributed by atoms with Gasteiger partial charge in [-0.15, -0.1) is 0 Å². The first-order valence-corrected chi connectivity index (χ1v) is 15.1. The Labute approximate surface area is 252 Å². The quantitative estimate of drug-likeness (QED) is 0.446. The van der Waals surface area contributed by atoms with Gasteiger partial charge in [-0.2, -0.15) is 0 Å². The van der Waals surface area contributed by atoms with Crippen LogP contribution in [0.3, 0.4) is 0 Å². The van der Waals surface area contributed by atoms with Crippen molar-refractivity contribution in [1.82, 2.24) is 0 Å². The Hall–Kier alpha value is -3.39. The lowest BCUT2D eigenvalue weighted by Crippen LogP contribution is -2.76. The number of hydrogen-bond donors (Lipinski definition) is 2. The molecule has 0 saturated heterocycles. The van der Waals surface area contributed by atoms with E-state index in [1.54, 1.807) is 33.8 Å². The number of ketones is 5. The maximum absolute atomic E-state index is 14.4. The van der Waals surface area contributed by atoms with Gasteiger partial charge in [0.05, 0.1) is 11.5 Å². The molecule has 230 valence electrons. The zero-order chi connectivity index (χ0) is 32.0. The molecule has 8 heteroatoms. The van der Waals surface area contributed by atoms with Crippen molar-refractivity contribution in [2.24, 2.45) is 39.9 Å². The second-order valence-corrected chi connectivity index (χ2v) is 15.1. The van der Waals surface area contributed by atoms with E-state index in [4.69, 9.17) is 4.42 Å². The van der Waals surface area contributed by atoms with Gasteiger partial charge >= 0.3 is 0 Å². The van der Waals surface area contributed by atoms with E-state index in [1.165, 1.54) is 6.07 Å². The largest absolute Gasteiger partial charge is 0.507 e. The number of phenols is 1. The molecule has 3 aliphatic carbocycles. The van der Waals surface area contributed by atoms with Crippen molar-refractivity contribution in [1.29, 1.82) is 0 Å². The molecule has 0 bridgehead atoms. The van der Waals surface area contributed by atoms with Crippen LogP contribution in [0.25, 0.3) is 11.3 Å². The van der Waals surface area contributed by atoms with Crippen LogP contribution in [-0.2, 0) is 32.0 Å².